The Bertz CT molecular complexity index is 928. The summed E-state index contributed by atoms with van der Waals surface area (Å²) in [6.07, 6.45) is 1.66. The number of para-hydroxylation sites is 1. The summed E-state index contributed by atoms with van der Waals surface area (Å²) in [5.74, 6) is -0.0807. The number of hydrogen-bond donors (Lipinski definition) is 1. The first kappa shape index (κ1) is 16.6. The Morgan fingerprint density at radius 1 is 1.12 bits per heavy atom. The summed E-state index contributed by atoms with van der Waals surface area (Å²) in [7, 11) is 2.88. The monoisotopic (exact) mass is 339 g/mol. The van der Waals surface area contributed by atoms with Crippen molar-refractivity contribution in [3.8, 4) is 5.75 Å². The SMILES string of the molecule is COC(=O)c1ccccc1NC(=O)Cc1coc2ccc(OC)cc12. The maximum Gasteiger partial charge on any atom is 0.339 e. The van der Waals surface area contributed by atoms with Crippen LogP contribution in [-0.2, 0) is 16.0 Å². The number of methoxy groups -OCH3 is 2. The second-order valence-electron chi connectivity index (χ2n) is 5.39. The fraction of sp³-hybridized carbons (Fsp3) is 0.158. The first-order chi connectivity index (χ1) is 12.1. The number of hydrogen-bond acceptors (Lipinski definition) is 5. The molecule has 0 saturated carbocycles. The van der Waals surface area contributed by atoms with E-state index in [-0.39, 0.29) is 12.3 Å². The molecule has 0 fully saturated rings. The predicted octanol–water partition coefficient (Wildman–Crippen LogP) is 3.41. The number of amides is 1. The molecule has 1 aromatic heterocycles. The third-order valence-electron chi connectivity index (χ3n) is 3.82. The molecule has 1 amide bonds. The van der Waals surface area contributed by atoms with E-state index in [2.05, 4.69) is 5.32 Å². The molecule has 3 rings (SSSR count). The summed E-state index contributed by atoms with van der Waals surface area (Å²) >= 11 is 0. The van der Waals surface area contributed by atoms with Gasteiger partial charge in [-0.1, -0.05) is 12.1 Å². The standard InChI is InChI=1S/C19H17NO5/c1-23-13-7-8-17-15(10-13)12(11-25-17)9-18(21)20-16-6-4-3-5-14(16)19(22)24-2/h3-8,10-11H,9H2,1-2H3,(H,20,21). The molecular formula is C19H17NO5. The highest BCUT2D eigenvalue weighted by Crippen LogP contribution is 2.26. The van der Waals surface area contributed by atoms with Crippen LogP contribution in [0.4, 0.5) is 5.69 Å². The highest BCUT2D eigenvalue weighted by atomic mass is 16.5. The van der Waals surface area contributed by atoms with Crippen molar-refractivity contribution >= 4 is 28.5 Å². The van der Waals surface area contributed by atoms with Crippen LogP contribution in [0.15, 0.2) is 53.1 Å². The van der Waals surface area contributed by atoms with Gasteiger partial charge in [-0.2, -0.15) is 0 Å². The number of carbonyl (C=O) groups excluding carboxylic acids is 2. The Hall–Kier alpha value is -3.28. The summed E-state index contributed by atoms with van der Waals surface area (Å²) in [6, 6.07) is 12.1. The molecular weight excluding hydrogens is 322 g/mol. The number of ether oxygens (including phenoxy) is 2. The van der Waals surface area contributed by atoms with Gasteiger partial charge in [0.05, 0.1) is 38.2 Å². The van der Waals surface area contributed by atoms with E-state index in [4.69, 9.17) is 13.9 Å². The average molecular weight is 339 g/mol. The molecule has 2 aromatic carbocycles. The zero-order chi connectivity index (χ0) is 17.8. The van der Waals surface area contributed by atoms with Crippen molar-refractivity contribution < 1.29 is 23.5 Å². The quantitative estimate of drug-likeness (QED) is 0.721. The largest absolute Gasteiger partial charge is 0.497 e. The van der Waals surface area contributed by atoms with Crippen molar-refractivity contribution in [2.24, 2.45) is 0 Å². The molecule has 25 heavy (non-hydrogen) atoms. The third kappa shape index (κ3) is 3.47. The molecule has 0 bridgehead atoms. The van der Waals surface area contributed by atoms with Crippen molar-refractivity contribution in [3.05, 3.63) is 59.9 Å². The lowest BCUT2D eigenvalue weighted by molar-refractivity contribution is -0.115. The summed E-state index contributed by atoms with van der Waals surface area (Å²) in [5, 5.41) is 3.56. The second kappa shape index (κ2) is 7.09. The zero-order valence-electron chi connectivity index (χ0n) is 13.9. The topological polar surface area (TPSA) is 77.8 Å². The maximum absolute atomic E-state index is 12.4. The van der Waals surface area contributed by atoms with Gasteiger partial charge in [0, 0.05) is 10.9 Å². The van der Waals surface area contributed by atoms with Gasteiger partial charge in [0.15, 0.2) is 0 Å². The minimum atomic E-state index is -0.505. The zero-order valence-corrected chi connectivity index (χ0v) is 13.9. The number of nitrogens with one attached hydrogen (secondary N) is 1. The number of furan rings is 1. The molecule has 0 aliphatic carbocycles. The van der Waals surface area contributed by atoms with Crippen LogP contribution in [0.5, 0.6) is 5.75 Å². The van der Waals surface area contributed by atoms with Gasteiger partial charge in [-0.05, 0) is 30.3 Å². The average Bonchev–Trinajstić information content (AvgIpc) is 3.03. The fourth-order valence-corrected chi connectivity index (χ4v) is 2.57. The van der Waals surface area contributed by atoms with Crippen LogP contribution in [-0.4, -0.2) is 26.1 Å². The van der Waals surface area contributed by atoms with Crippen LogP contribution in [0.2, 0.25) is 0 Å². The molecule has 3 aromatic rings. The summed E-state index contributed by atoms with van der Waals surface area (Å²) < 4.78 is 15.4. The van der Waals surface area contributed by atoms with Crippen LogP contribution in [0.25, 0.3) is 11.0 Å². The number of benzene rings is 2. The molecule has 0 saturated heterocycles. The summed E-state index contributed by atoms with van der Waals surface area (Å²) in [5.41, 5.74) is 2.13. The molecule has 6 nitrogen and oxygen atoms in total. The van der Waals surface area contributed by atoms with Crippen LogP contribution < -0.4 is 10.1 Å². The molecule has 0 radical (unpaired) electrons. The van der Waals surface area contributed by atoms with Gasteiger partial charge < -0.3 is 19.2 Å². The Balaban J connectivity index is 1.81. The number of rotatable bonds is 5. The number of anilines is 1. The van der Waals surface area contributed by atoms with Crippen molar-refractivity contribution in [3.63, 3.8) is 0 Å². The summed E-state index contributed by atoms with van der Waals surface area (Å²) in [6.45, 7) is 0. The molecule has 0 unspecified atom stereocenters. The van der Waals surface area contributed by atoms with Crippen molar-refractivity contribution in [2.45, 2.75) is 6.42 Å². The van der Waals surface area contributed by atoms with E-state index in [9.17, 15) is 9.59 Å². The fourth-order valence-electron chi connectivity index (χ4n) is 2.57. The Kier molecular flexibility index (Phi) is 4.70. The van der Waals surface area contributed by atoms with Gasteiger partial charge in [-0.15, -0.1) is 0 Å². The van der Waals surface area contributed by atoms with Crippen molar-refractivity contribution in [2.75, 3.05) is 19.5 Å². The van der Waals surface area contributed by atoms with E-state index in [0.717, 1.165) is 10.9 Å². The van der Waals surface area contributed by atoms with E-state index in [1.807, 2.05) is 6.07 Å². The number of fused-ring (bicyclic) bond motifs is 1. The van der Waals surface area contributed by atoms with Crippen LogP contribution in [0.3, 0.4) is 0 Å². The first-order valence-corrected chi connectivity index (χ1v) is 7.63. The highest BCUT2D eigenvalue weighted by molar-refractivity contribution is 6.02. The molecule has 0 aliphatic rings. The molecule has 6 heteroatoms. The van der Waals surface area contributed by atoms with Crippen molar-refractivity contribution in [1.82, 2.24) is 0 Å². The Morgan fingerprint density at radius 2 is 1.92 bits per heavy atom. The minimum Gasteiger partial charge on any atom is -0.497 e. The van der Waals surface area contributed by atoms with Gasteiger partial charge in [0.1, 0.15) is 11.3 Å². The lowest BCUT2D eigenvalue weighted by Gasteiger charge is -2.09. The van der Waals surface area contributed by atoms with Gasteiger partial charge in [-0.3, -0.25) is 4.79 Å². The van der Waals surface area contributed by atoms with E-state index in [1.165, 1.54) is 7.11 Å². The minimum absolute atomic E-state index is 0.107. The first-order valence-electron chi connectivity index (χ1n) is 7.63. The second-order valence-corrected chi connectivity index (χ2v) is 5.39. The number of carbonyl (C=O) groups is 2. The Morgan fingerprint density at radius 3 is 2.68 bits per heavy atom. The molecule has 128 valence electrons. The maximum atomic E-state index is 12.4. The lowest BCUT2D eigenvalue weighted by Crippen LogP contribution is -2.17. The molecule has 0 atom stereocenters. The van der Waals surface area contributed by atoms with E-state index >= 15 is 0 Å². The highest BCUT2D eigenvalue weighted by Gasteiger charge is 2.15. The predicted molar refractivity (Wildman–Crippen MR) is 92.9 cm³/mol. The lowest BCUT2D eigenvalue weighted by atomic mass is 10.1. The number of esters is 1. The van der Waals surface area contributed by atoms with E-state index in [1.54, 1.807) is 49.8 Å². The third-order valence-corrected chi connectivity index (χ3v) is 3.82. The van der Waals surface area contributed by atoms with Crippen LogP contribution in [0.1, 0.15) is 15.9 Å². The van der Waals surface area contributed by atoms with E-state index < -0.39 is 5.97 Å². The molecule has 1 heterocycles. The van der Waals surface area contributed by atoms with Gasteiger partial charge in [0.2, 0.25) is 5.91 Å². The van der Waals surface area contributed by atoms with E-state index in [0.29, 0.717) is 22.6 Å². The van der Waals surface area contributed by atoms with Crippen molar-refractivity contribution in [1.29, 1.82) is 0 Å². The molecule has 0 aliphatic heterocycles. The smallest absolute Gasteiger partial charge is 0.339 e. The Labute approximate surface area is 144 Å². The van der Waals surface area contributed by atoms with Gasteiger partial charge >= 0.3 is 5.97 Å². The normalized spacial score (nSPS) is 10.5. The van der Waals surface area contributed by atoms with Gasteiger partial charge in [0.25, 0.3) is 0 Å². The summed E-state index contributed by atoms with van der Waals surface area (Å²) in [4.78, 5) is 24.2. The van der Waals surface area contributed by atoms with Crippen LogP contribution >= 0.6 is 0 Å². The molecule has 1 N–H and O–H groups in total. The van der Waals surface area contributed by atoms with Gasteiger partial charge in [-0.25, -0.2) is 4.79 Å². The molecule has 0 spiro atoms. The van der Waals surface area contributed by atoms with Crippen LogP contribution in [0, 0.1) is 0 Å².